The summed E-state index contributed by atoms with van der Waals surface area (Å²) in [4.78, 5) is 30.5. The van der Waals surface area contributed by atoms with Crippen LogP contribution < -0.4 is 51.9 Å². The number of ether oxygens (including phenoxy) is 2. The zero-order chi connectivity index (χ0) is 43.8. The van der Waals surface area contributed by atoms with Crippen molar-refractivity contribution in [3.05, 3.63) is 241 Å². The summed E-state index contributed by atoms with van der Waals surface area (Å²) in [6, 6.07) is 72.2. The molecular weight excluding hydrogens is 827 g/mol. The van der Waals surface area contributed by atoms with Crippen molar-refractivity contribution in [3.63, 3.8) is 0 Å². The van der Waals surface area contributed by atoms with Crippen LogP contribution in [0.2, 0.25) is 0 Å². The minimum atomic E-state index is -1.09. The minimum absolute atomic E-state index is 0.213. The fourth-order valence-electron chi connectivity index (χ4n) is 9.11. The maximum absolute atomic E-state index is 15.2. The largest absolute Gasteiger partial charge is 0.496 e. The molecule has 0 radical (unpaired) electrons. The van der Waals surface area contributed by atoms with E-state index in [1.165, 1.54) is 0 Å². The van der Waals surface area contributed by atoms with E-state index in [9.17, 15) is 0 Å². The van der Waals surface area contributed by atoms with Gasteiger partial charge >= 0.3 is 0 Å². The van der Waals surface area contributed by atoms with Crippen LogP contribution in [-0.4, -0.2) is 38.1 Å². The van der Waals surface area contributed by atoms with Gasteiger partial charge in [0.05, 0.1) is 26.3 Å². The second-order valence-corrected chi connectivity index (χ2v) is 20.0. The first kappa shape index (κ1) is 42.5. The van der Waals surface area contributed by atoms with E-state index in [4.69, 9.17) is 9.47 Å². The highest BCUT2D eigenvalue weighted by Gasteiger charge is 2.55. The van der Waals surface area contributed by atoms with Crippen LogP contribution in [-0.2, 0) is 0 Å². The van der Waals surface area contributed by atoms with Gasteiger partial charge in [0, 0.05) is 34.1 Å². The summed E-state index contributed by atoms with van der Waals surface area (Å²) >= 11 is 0. The molecule has 4 atom stereocenters. The lowest BCUT2D eigenvalue weighted by molar-refractivity contribution is 0.0749. The van der Waals surface area contributed by atoms with Crippen molar-refractivity contribution in [1.82, 2.24) is 10.6 Å². The topological polar surface area (TPSA) is 76.7 Å². The van der Waals surface area contributed by atoms with Crippen LogP contribution in [0.25, 0.3) is 0 Å². The maximum Gasteiger partial charge on any atom is 0.252 e. The van der Waals surface area contributed by atoms with Gasteiger partial charge in [0.25, 0.3) is 11.8 Å². The quantitative estimate of drug-likeness (QED) is 0.107. The molecule has 64 heavy (non-hydrogen) atoms. The predicted molar refractivity (Wildman–Crippen MR) is 264 cm³/mol. The molecule has 6 nitrogen and oxygen atoms in total. The van der Waals surface area contributed by atoms with E-state index in [0.29, 0.717) is 22.6 Å². The predicted octanol–water partition coefficient (Wildman–Crippen LogP) is 8.70. The lowest BCUT2D eigenvalue weighted by Crippen LogP contribution is -2.67. The molecule has 8 heteroatoms. The number of benzene rings is 8. The molecule has 1 fully saturated rings. The van der Waals surface area contributed by atoms with Gasteiger partial charge in [0.1, 0.15) is 11.5 Å². The van der Waals surface area contributed by atoms with Crippen LogP contribution in [0.4, 0.5) is 0 Å². The molecule has 0 spiro atoms. The van der Waals surface area contributed by atoms with Gasteiger partial charge in [-0.15, -0.1) is 0 Å². The van der Waals surface area contributed by atoms with Crippen molar-refractivity contribution in [2.75, 3.05) is 14.2 Å². The molecule has 0 heterocycles. The van der Waals surface area contributed by atoms with Gasteiger partial charge in [-0.05, 0) is 71.9 Å². The summed E-state index contributed by atoms with van der Waals surface area (Å²) in [5.74, 6) is 0.369. The Morgan fingerprint density at radius 3 is 0.984 bits per heavy atom. The highest BCUT2D eigenvalue weighted by Crippen LogP contribution is 2.54. The molecule has 2 amide bonds. The summed E-state index contributed by atoms with van der Waals surface area (Å²) in [6.07, 6.45) is 0. The minimum Gasteiger partial charge on any atom is -0.496 e. The van der Waals surface area contributed by atoms with Gasteiger partial charge in [-0.1, -0.05) is 194 Å². The van der Waals surface area contributed by atoms with E-state index in [1.807, 2.05) is 97.1 Å². The number of nitrogens with one attached hydrogen (secondary N) is 2. The Morgan fingerprint density at radius 2 is 0.656 bits per heavy atom. The second kappa shape index (κ2) is 19.7. The number of carbonyl (C=O) groups is 2. The molecule has 316 valence electrons. The highest BCUT2D eigenvalue weighted by atomic mass is 31.1. The van der Waals surface area contributed by atoms with Crippen LogP contribution in [0.5, 0.6) is 11.5 Å². The van der Waals surface area contributed by atoms with E-state index < -0.39 is 27.9 Å². The van der Waals surface area contributed by atoms with Crippen molar-refractivity contribution >= 4 is 59.5 Å². The summed E-state index contributed by atoms with van der Waals surface area (Å²) < 4.78 is 12.0. The molecule has 2 N–H and O–H groups in total. The molecule has 8 aromatic rings. The molecule has 1 aliphatic rings. The second-order valence-electron chi connectivity index (χ2n) is 15.6. The third-order valence-corrected chi connectivity index (χ3v) is 17.0. The number of rotatable bonds is 14. The Labute approximate surface area is 377 Å². The molecule has 1 saturated carbocycles. The monoisotopic (exact) mass is 874 g/mol. The number of carbonyl (C=O) groups excluding carboxylic acids is 2. The zero-order valence-corrected chi connectivity index (χ0v) is 37.4. The third kappa shape index (κ3) is 8.60. The van der Waals surface area contributed by atoms with Crippen LogP contribution in [0.3, 0.4) is 0 Å². The number of amides is 2. The van der Waals surface area contributed by atoms with Crippen molar-refractivity contribution in [2.45, 2.75) is 23.9 Å². The van der Waals surface area contributed by atoms with Crippen LogP contribution in [0.1, 0.15) is 43.7 Å². The van der Waals surface area contributed by atoms with Gasteiger partial charge in [-0.3, -0.25) is 9.59 Å². The van der Waals surface area contributed by atoms with Gasteiger partial charge in [0.15, 0.2) is 0 Å². The SMILES string of the molecule is COc1ccccc1[C@H]1[C@H](NC(=O)c2ccccc2P(c2ccccc2)c2ccccc2)[C@@H](NC(=O)c2ccccc2P(c2ccccc2)c2ccccc2)[C@@H]1c1ccccc1OC. The van der Waals surface area contributed by atoms with Crippen LogP contribution >= 0.6 is 15.8 Å². The number of hydrogen-bond acceptors (Lipinski definition) is 4. The molecule has 1 aliphatic carbocycles. The Bertz CT molecular complexity index is 2570. The smallest absolute Gasteiger partial charge is 0.252 e. The lowest BCUT2D eigenvalue weighted by Gasteiger charge is -2.53. The molecule has 0 aliphatic heterocycles. The first-order chi connectivity index (χ1) is 31.6. The molecular formula is C56H48N2O4P2. The Kier molecular flexibility index (Phi) is 13.1. The van der Waals surface area contributed by atoms with Crippen LogP contribution in [0.15, 0.2) is 218 Å². The van der Waals surface area contributed by atoms with Crippen molar-refractivity contribution in [2.24, 2.45) is 0 Å². The molecule has 8 aromatic carbocycles. The first-order valence-corrected chi connectivity index (χ1v) is 24.1. The molecule has 0 bridgehead atoms. The standard InChI is InChI=1S/C56H48N2O4P2/c1-61-47-35-19-15-31-43(47)51-52(44-32-16-20-36-48(44)62-2)54(58-56(60)46-34-18-22-38-50(46)64(41-27-11-5-12-28-41)42-29-13-6-14-30-42)53(51)57-55(59)45-33-17-21-37-49(45)63(39-23-7-3-8-24-39)40-25-9-4-10-26-40/h3-38,51-54H,1-2H3,(H,57,59)(H,58,60)/t51-,52-,53+,54+/m1/s1. The third-order valence-electron chi connectivity index (χ3n) is 12.0. The number of methoxy groups -OCH3 is 2. The van der Waals surface area contributed by atoms with E-state index in [2.05, 4.69) is 132 Å². The van der Waals surface area contributed by atoms with Gasteiger partial charge in [-0.25, -0.2) is 0 Å². The van der Waals surface area contributed by atoms with E-state index in [-0.39, 0.29) is 23.7 Å². The fraction of sp³-hybridized carbons (Fsp3) is 0.107. The summed E-state index contributed by atoms with van der Waals surface area (Å²) in [6.45, 7) is 0. The fourth-order valence-corrected chi connectivity index (χ4v) is 14.0. The average Bonchev–Trinajstić information content (AvgIpc) is 3.36. The Morgan fingerprint density at radius 1 is 0.375 bits per heavy atom. The van der Waals surface area contributed by atoms with Crippen molar-refractivity contribution < 1.29 is 19.1 Å². The van der Waals surface area contributed by atoms with Crippen molar-refractivity contribution in [3.8, 4) is 11.5 Å². The van der Waals surface area contributed by atoms with Crippen molar-refractivity contribution in [1.29, 1.82) is 0 Å². The summed E-state index contributed by atoms with van der Waals surface area (Å²) in [5.41, 5.74) is 3.04. The van der Waals surface area contributed by atoms with Gasteiger partial charge in [-0.2, -0.15) is 0 Å². The Hall–Kier alpha value is -6.84. The Balaban J connectivity index is 1.15. The maximum atomic E-state index is 15.2. The highest BCUT2D eigenvalue weighted by molar-refractivity contribution is 7.80. The summed E-state index contributed by atoms with van der Waals surface area (Å²) in [5, 5.41) is 13.5. The summed E-state index contributed by atoms with van der Waals surface area (Å²) in [7, 11) is 1.15. The number of hydrogen-bond donors (Lipinski definition) is 2. The van der Waals surface area contributed by atoms with Gasteiger partial charge in [0.2, 0.25) is 0 Å². The molecule has 9 rings (SSSR count). The molecule has 0 saturated heterocycles. The molecule has 0 aromatic heterocycles. The van der Waals surface area contributed by atoms with E-state index in [0.717, 1.165) is 43.0 Å². The van der Waals surface area contributed by atoms with Crippen LogP contribution in [0, 0.1) is 0 Å². The lowest BCUT2D eigenvalue weighted by atomic mass is 9.59. The van der Waals surface area contributed by atoms with Gasteiger partial charge < -0.3 is 20.1 Å². The normalized spacial score (nSPS) is 16.7. The molecule has 0 unspecified atom stereocenters. The average molecular weight is 875 g/mol. The first-order valence-electron chi connectivity index (χ1n) is 21.4. The van der Waals surface area contributed by atoms with E-state index >= 15 is 9.59 Å². The van der Waals surface area contributed by atoms with E-state index in [1.54, 1.807) is 14.2 Å². The number of para-hydroxylation sites is 2. The zero-order valence-electron chi connectivity index (χ0n) is 35.6.